The minimum Gasteiger partial charge on any atom is -0.399 e. The highest BCUT2D eigenvalue weighted by Crippen LogP contribution is 2.29. The molecule has 1 fully saturated rings. The van der Waals surface area contributed by atoms with E-state index < -0.39 is 18.2 Å². The Morgan fingerprint density at radius 1 is 1.00 bits per heavy atom. The van der Waals surface area contributed by atoms with Gasteiger partial charge in [-0.1, -0.05) is 84.9 Å². The molecule has 2 amide bonds. The molecule has 1 unspecified atom stereocenters. The third-order valence-corrected chi connectivity index (χ3v) is 6.46. The van der Waals surface area contributed by atoms with Gasteiger partial charge in [-0.15, -0.1) is 0 Å². The summed E-state index contributed by atoms with van der Waals surface area (Å²) in [7, 11) is 1.46. The Morgan fingerprint density at radius 3 is 2.22 bits per heavy atom. The van der Waals surface area contributed by atoms with Crippen molar-refractivity contribution in [3.05, 3.63) is 96.1 Å². The third kappa shape index (κ3) is 5.63. The van der Waals surface area contributed by atoms with Gasteiger partial charge in [0, 0.05) is 18.4 Å². The molecule has 3 aromatic rings. The molecule has 1 heterocycles. The molecule has 0 aliphatic carbocycles. The molecule has 3 aromatic carbocycles. The molecule has 3 atom stereocenters. The number of oxime groups is 1. The van der Waals surface area contributed by atoms with Crippen molar-refractivity contribution < 1.29 is 19.5 Å². The van der Waals surface area contributed by atoms with Crippen molar-refractivity contribution in [2.75, 3.05) is 13.7 Å². The van der Waals surface area contributed by atoms with Crippen LogP contribution < -0.4 is 5.32 Å². The third-order valence-electron chi connectivity index (χ3n) is 6.46. The smallest absolute Gasteiger partial charge is 0.254 e. The van der Waals surface area contributed by atoms with E-state index in [0.717, 1.165) is 11.1 Å². The number of hydrogen-bond donors (Lipinski definition) is 2. The predicted molar refractivity (Wildman–Crippen MR) is 139 cm³/mol. The van der Waals surface area contributed by atoms with E-state index in [9.17, 15) is 14.7 Å². The molecule has 2 N–H and O–H groups in total. The van der Waals surface area contributed by atoms with Gasteiger partial charge in [0.1, 0.15) is 13.2 Å². The SMILES string of the molecule is CCC(=O)NC([C@H]1C/C(=N/OC)CN1C(=O)c1ccc(-c2ccccc2)cc1)[C@@H](O)c1ccccc1. The first-order valence-electron chi connectivity index (χ1n) is 12.1. The number of nitrogens with zero attached hydrogens (tertiary/aromatic N) is 2. The zero-order valence-corrected chi connectivity index (χ0v) is 20.5. The van der Waals surface area contributed by atoms with Crippen LogP contribution >= 0.6 is 0 Å². The highest BCUT2D eigenvalue weighted by atomic mass is 16.6. The second-order valence-corrected chi connectivity index (χ2v) is 8.79. The van der Waals surface area contributed by atoms with E-state index in [4.69, 9.17) is 4.84 Å². The molecule has 0 saturated carbocycles. The van der Waals surface area contributed by atoms with Crippen molar-refractivity contribution in [3.8, 4) is 11.1 Å². The number of hydrogen-bond acceptors (Lipinski definition) is 5. The lowest BCUT2D eigenvalue weighted by molar-refractivity contribution is -0.123. The number of nitrogens with one attached hydrogen (secondary N) is 1. The number of likely N-dealkylation sites (tertiary alicyclic amines) is 1. The van der Waals surface area contributed by atoms with Gasteiger partial charge >= 0.3 is 0 Å². The Morgan fingerprint density at radius 2 is 1.61 bits per heavy atom. The number of rotatable bonds is 8. The summed E-state index contributed by atoms with van der Waals surface area (Å²) in [4.78, 5) is 32.8. The van der Waals surface area contributed by atoms with Crippen LogP contribution in [0.15, 0.2) is 90.1 Å². The minimum absolute atomic E-state index is 0.197. The van der Waals surface area contributed by atoms with E-state index in [1.807, 2.05) is 72.8 Å². The Kier molecular flexibility index (Phi) is 8.13. The summed E-state index contributed by atoms with van der Waals surface area (Å²) in [5, 5.41) is 18.4. The molecule has 0 bridgehead atoms. The summed E-state index contributed by atoms with van der Waals surface area (Å²) in [6.45, 7) is 2.00. The molecule has 0 aromatic heterocycles. The summed E-state index contributed by atoms with van der Waals surface area (Å²) < 4.78 is 0. The molecular weight excluding hydrogens is 454 g/mol. The number of aliphatic hydroxyl groups is 1. The zero-order chi connectivity index (χ0) is 25.5. The maximum Gasteiger partial charge on any atom is 0.254 e. The van der Waals surface area contributed by atoms with Crippen molar-refractivity contribution >= 4 is 17.5 Å². The number of carbonyl (C=O) groups excluding carboxylic acids is 2. The largest absolute Gasteiger partial charge is 0.399 e. The summed E-state index contributed by atoms with van der Waals surface area (Å²) in [6.07, 6.45) is -0.372. The van der Waals surface area contributed by atoms with Gasteiger partial charge in [-0.3, -0.25) is 9.59 Å². The van der Waals surface area contributed by atoms with Crippen molar-refractivity contribution in [3.63, 3.8) is 0 Å². The highest BCUT2D eigenvalue weighted by Gasteiger charge is 2.42. The molecule has 36 heavy (non-hydrogen) atoms. The number of carbonyl (C=O) groups is 2. The van der Waals surface area contributed by atoms with Gasteiger partial charge in [-0.2, -0.15) is 0 Å². The fourth-order valence-electron chi connectivity index (χ4n) is 4.60. The molecule has 7 nitrogen and oxygen atoms in total. The maximum atomic E-state index is 13.7. The first-order chi connectivity index (χ1) is 17.5. The van der Waals surface area contributed by atoms with Crippen LogP contribution in [0.4, 0.5) is 0 Å². The number of aliphatic hydroxyl groups excluding tert-OH is 1. The fraction of sp³-hybridized carbons (Fsp3) is 0.276. The first kappa shape index (κ1) is 25.1. The van der Waals surface area contributed by atoms with Crippen molar-refractivity contribution in [2.45, 2.75) is 38.0 Å². The van der Waals surface area contributed by atoms with E-state index in [0.29, 0.717) is 23.3 Å². The molecule has 1 saturated heterocycles. The van der Waals surface area contributed by atoms with Crippen LogP contribution in [-0.2, 0) is 9.63 Å². The van der Waals surface area contributed by atoms with Crippen LogP contribution in [0, 0.1) is 0 Å². The minimum atomic E-state index is -1.01. The molecule has 1 aliphatic heterocycles. The lowest BCUT2D eigenvalue weighted by Crippen LogP contribution is -2.53. The van der Waals surface area contributed by atoms with Gasteiger partial charge in [-0.05, 0) is 28.8 Å². The van der Waals surface area contributed by atoms with Crippen LogP contribution in [0.3, 0.4) is 0 Å². The summed E-state index contributed by atoms with van der Waals surface area (Å²) >= 11 is 0. The molecule has 0 radical (unpaired) electrons. The van der Waals surface area contributed by atoms with Crippen LogP contribution in [-0.4, -0.2) is 53.3 Å². The Labute approximate surface area is 211 Å². The van der Waals surface area contributed by atoms with Gasteiger partial charge in [-0.25, -0.2) is 0 Å². The lowest BCUT2D eigenvalue weighted by Gasteiger charge is -2.35. The van der Waals surface area contributed by atoms with Gasteiger partial charge in [0.25, 0.3) is 5.91 Å². The molecule has 186 valence electrons. The predicted octanol–water partition coefficient (Wildman–Crippen LogP) is 4.20. The second-order valence-electron chi connectivity index (χ2n) is 8.79. The van der Waals surface area contributed by atoms with E-state index in [1.165, 1.54) is 7.11 Å². The number of benzene rings is 3. The van der Waals surface area contributed by atoms with E-state index in [-0.39, 0.29) is 24.8 Å². The van der Waals surface area contributed by atoms with Crippen LogP contribution in [0.25, 0.3) is 11.1 Å². The summed E-state index contributed by atoms with van der Waals surface area (Å²) in [6, 6.07) is 25.3. The maximum absolute atomic E-state index is 13.7. The van der Waals surface area contributed by atoms with Crippen molar-refractivity contribution in [1.82, 2.24) is 10.2 Å². The zero-order valence-electron chi connectivity index (χ0n) is 20.5. The summed E-state index contributed by atoms with van der Waals surface area (Å²) in [5.74, 6) is -0.399. The molecule has 1 aliphatic rings. The van der Waals surface area contributed by atoms with Crippen molar-refractivity contribution in [2.24, 2.45) is 5.16 Å². The molecule has 0 spiro atoms. The van der Waals surface area contributed by atoms with Gasteiger partial charge in [0.05, 0.1) is 24.3 Å². The normalized spacial score (nSPS) is 18.0. The monoisotopic (exact) mass is 485 g/mol. The van der Waals surface area contributed by atoms with E-state index >= 15 is 0 Å². The second kappa shape index (κ2) is 11.6. The molecule has 7 heteroatoms. The fourth-order valence-corrected chi connectivity index (χ4v) is 4.60. The van der Waals surface area contributed by atoms with Crippen LogP contribution in [0.5, 0.6) is 0 Å². The number of amides is 2. The Balaban J connectivity index is 1.65. The molecular formula is C29H31N3O4. The molecule has 4 rings (SSSR count). The van der Waals surface area contributed by atoms with E-state index in [1.54, 1.807) is 24.0 Å². The average molecular weight is 486 g/mol. The van der Waals surface area contributed by atoms with Gasteiger partial charge in [0.15, 0.2) is 0 Å². The standard InChI is InChI=1S/C29H31N3O4/c1-3-26(33)30-27(28(34)22-12-8-5-9-13-22)25-18-24(31-36-2)19-32(25)29(35)23-16-14-21(15-17-23)20-10-6-4-7-11-20/h4-17,25,27-28,34H,3,18-19H2,1-2H3,(H,30,33)/b31-24-/t25-,27?,28+/m1/s1. The van der Waals surface area contributed by atoms with Crippen LogP contribution in [0.2, 0.25) is 0 Å². The Bertz CT molecular complexity index is 1200. The summed E-state index contributed by atoms with van der Waals surface area (Å²) in [5.41, 5.74) is 3.94. The first-order valence-corrected chi connectivity index (χ1v) is 12.1. The lowest BCUT2D eigenvalue weighted by atomic mass is 9.93. The average Bonchev–Trinajstić information content (AvgIpc) is 3.35. The van der Waals surface area contributed by atoms with Crippen molar-refractivity contribution in [1.29, 1.82) is 0 Å². The van der Waals surface area contributed by atoms with E-state index in [2.05, 4.69) is 10.5 Å². The van der Waals surface area contributed by atoms with Crippen LogP contribution in [0.1, 0.15) is 41.8 Å². The topological polar surface area (TPSA) is 91.2 Å². The highest BCUT2D eigenvalue weighted by molar-refractivity contribution is 6.01. The quantitative estimate of drug-likeness (QED) is 0.468. The van der Waals surface area contributed by atoms with Gasteiger partial charge < -0.3 is 20.2 Å². The van der Waals surface area contributed by atoms with Gasteiger partial charge in [0.2, 0.25) is 5.91 Å². The Hall–Kier alpha value is -3.97.